The van der Waals surface area contributed by atoms with Gasteiger partial charge in [0.2, 0.25) is 5.16 Å². The van der Waals surface area contributed by atoms with Crippen LogP contribution < -0.4 is 0 Å². The molecule has 5 nitrogen and oxygen atoms in total. The molecule has 0 atom stereocenters. The van der Waals surface area contributed by atoms with E-state index in [1.807, 2.05) is 59.2 Å². The maximum atomic E-state index is 5.97. The Hall–Kier alpha value is -2.70. The van der Waals surface area contributed by atoms with Gasteiger partial charge in [-0.3, -0.25) is 9.55 Å². The maximum absolute atomic E-state index is 5.97. The van der Waals surface area contributed by atoms with Gasteiger partial charge in [0.05, 0.1) is 6.20 Å². The zero-order chi connectivity index (χ0) is 17.1. The van der Waals surface area contributed by atoms with Gasteiger partial charge in [-0.2, -0.15) is 0 Å². The summed E-state index contributed by atoms with van der Waals surface area (Å²) in [5, 5.41) is 10.1. The maximum Gasteiger partial charge on any atom is 0.200 e. The molecule has 0 saturated heterocycles. The first-order valence-corrected chi connectivity index (χ1v) is 8.71. The molecule has 7 heteroatoms. The van der Waals surface area contributed by atoms with Crippen LogP contribution in [0, 0.1) is 0 Å². The van der Waals surface area contributed by atoms with Crippen molar-refractivity contribution < 1.29 is 0 Å². The molecule has 0 N–H and O–H groups in total. The van der Waals surface area contributed by atoms with E-state index in [4.69, 9.17) is 11.6 Å². The number of nitrogens with zero attached hydrogens (tertiary/aromatic N) is 5. The molecule has 2 aromatic heterocycles. The molecule has 122 valence electrons. The highest BCUT2D eigenvalue weighted by atomic mass is 35.5. The van der Waals surface area contributed by atoms with E-state index in [0.717, 1.165) is 15.7 Å². The minimum atomic E-state index is 0.649. The first-order valence-electron chi connectivity index (χ1n) is 7.52. The van der Waals surface area contributed by atoms with Crippen LogP contribution in [0.4, 0.5) is 0 Å². The van der Waals surface area contributed by atoms with Crippen LogP contribution in [0.1, 0.15) is 0 Å². The molecule has 0 aliphatic carbocycles. The first-order chi connectivity index (χ1) is 12.3. The lowest BCUT2D eigenvalue weighted by atomic mass is 10.3. The van der Waals surface area contributed by atoms with E-state index in [0.29, 0.717) is 16.5 Å². The summed E-state index contributed by atoms with van der Waals surface area (Å²) < 4.78 is 1.98. The van der Waals surface area contributed by atoms with Gasteiger partial charge in [0.25, 0.3) is 0 Å². The van der Waals surface area contributed by atoms with Crippen molar-refractivity contribution in [2.45, 2.75) is 10.1 Å². The molecular formula is C18H12ClN5S. The smallest absolute Gasteiger partial charge is 0.200 e. The second-order valence-electron chi connectivity index (χ2n) is 5.12. The minimum Gasteiger partial charge on any atom is -0.268 e. The summed E-state index contributed by atoms with van der Waals surface area (Å²) in [5.41, 5.74) is 1.63. The molecule has 0 fully saturated rings. The second-order valence-corrected chi connectivity index (χ2v) is 6.60. The van der Waals surface area contributed by atoms with Gasteiger partial charge in [-0.15, -0.1) is 10.2 Å². The van der Waals surface area contributed by atoms with Gasteiger partial charge in [-0.25, -0.2) is 4.98 Å². The van der Waals surface area contributed by atoms with Gasteiger partial charge in [-0.1, -0.05) is 29.8 Å². The summed E-state index contributed by atoms with van der Waals surface area (Å²) in [6.07, 6.45) is 4.96. The molecule has 0 spiro atoms. The summed E-state index contributed by atoms with van der Waals surface area (Å²) in [7, 11) is 0. The average molecular weight is 366 g/mol. The molecule has 0 saturated carbocycles. The monoisotopic (exact) mass is 365 g/mol. The molecular weight excluding hydrogens is 354 g/mol. The van der Waals surface area contributed by atoms with Crippen LogP contribution in [0.2, 0.25) is 5.02 Å². The Kier molecular flexibility index (Phi) is 4.45. The fourth-order valence-electron chi connectivity index (χ4n) is 2.33. The van der Waals surface area contributed by atoms with Crippen LogP contribution in [0.5, 0.6) is 0 Å². The van der Waals surface area contributed by atoms with Crippen molar-refractivity contribution in [1.82, 2.24) is 24.7 Å². The van der Waals surface area contributed by atoms with Gasteiger partial charge in [-0.05, 0) is 48.2 Å². The zero-order valence-electron chi connectivity index (χ0n) is 13.0. The van der Waals surface area contributed by atoms with Crippen molar-refractivity contribution in [2.75, 3.05) is 0 Å². The predicted molar refractivity (Wildman–Crippen MR) is 98.0 cm³/mol. The third-order valence-corrected chi connectivity index (χ3v) is 4.67. The third-order valence-electron chi connectivity index (χ3n) is 3.46. The number of rotatable bonds is 4. The average Bonchev–Trinajstić information content (AvgIpc) is 3.08. The van der Waals surface area contributed by atoms with Crippen molar-refractivity contribution in [3.63, 3.8) is 0 Å². The van der Waals surface area contributed by atoms with Crippen molar-refractivity contribution in [3.8, 4) is 17.2 Å². The summed E-state index contributed by atoms with van der Waals surface area (Å²) in [6, 6.07) is 17.6. The van der Waals surface area contributed by atoms with Gasteiger partial charge in [0.15, 0.2) is 5.82 Å². The van der Waals surface area contributed by atoms with Gasteiger partial charge < -0.3 is 0 Å². The van der Waals surface area contributed by atoms with Crippen LogP contribution in [-0.4, -0.2) is 24.7 Å². The fourth-order valence-corrected chi connectivity index (χ4v) is 3.31. The molecule has 0 aliphatic heterocycles. The summed E-state index contributed by atoms with van der Waals surface area (Å²) >= 11 is 7.48. The van der Waals surface area contributed by atoms with Crippen LogP contribution in [-0.2, 0) is 0 Å². The number of halogens is 1. The highest BCUT2D eigenvalue weighted by Gasteiger charge is 2.17. The highest BCUT2D eigenvalue weighted by molar-refractivity contribution is 7.99. The molecule has 25 heavy (non-hydrogen) atoms. The molecule has 0 amide bonds. The normalized spacial score (nSPS) is 10.8. The standard InChI is InChI=1S/C18H12ClN5S/c19-13-6-8-15(9-7-13)25-18-23-22-17(16-12-20-10-11-21-16)24(18)14-4-2-1-3-5-14/h1-12H. The predicted octanol–water partition coefficient (Wildman–Crippen LogP) is 4.53. The Morgan fingerprint density at radius 1 is 0.880 bits per heavy atom. The lowest BCUT2D eigenvalue weighted by molar-refractivity contribution is 0.885. The molecule has 2 aromatic carbocycles. The number of hydrogen-bond donors (Lipinski definition) is 0. The lowest BCUT2D eigenvalue weighted by Gasteiger charge is -2.09. The summed E-state index contributed by atoms with van der Waals surface area (Å²) in [4.78, 5) is 9.52. The van der Waals surface area contributed by atoms with Gasteiger partial charge in [0.1, 0.15) is 5.69 Å². The number of hydrogen-bond acceptors (Lipinski definition) is 5. The first kappa shape index (κ1) is 15.8. The number of para-hydroxylation sites is 1. The molecule has 0 unspecified atom stereocenters. The van der Waals surface area contributed by atoms with Gasteiger partial charge >= 0.3 is 0 Å². The molecule has 0 bridgehead atoms. The molecule has 2 heterocycles. The highest BCUT2D eigenvalue weighted by Crippen LogP contribution is 2.32. The van der Waals surface area contributed by atoms with E-state index in [-0.39, 0.29) is 0 Å². The Morgan fingerprint density at radius 2 is 1.68 bits per heavy atom. The van der Waals surface area contributed by atoms with Gasteiger partial charge in [0, 0.05) is 28.0 Å². The molecule has 4 aromatic rings. The number of benzene rings is 2. The van der Waals surface area contributed by atoms with Crippen molar-refractivity contribution in [1.29, 1.82) is 0 Å². The van der Waals surface area contributed by atoms with E-state index in [2.05, 4.69) is 20.2 Å². The minimum absolute atomic E-state index is 0.649. The Bertz CT molecular complexity index is 972. The topological polar surface area (TPSA) is 56.5 Å². The van der Waals surface area contributed by atoms with E-state index >= 15 is 0 Å². The summed E-state index contributed by atoms with van der Waals surface area (Å²) in [6.45, 7) is 0. The fraction of sp³-hybridized carbons (Fsp3) is 0. The number of aromatic nitrogens is 5. The SMILES string of the molecule is Clc1ccc(Sc2nnc(-c3cnccn3)n2-c2ccccc2)cc1. The Labute approximate surface area is 153 Å². The van der Waals surface area contributed by atoms with E-state index < -0.39 is 0 Å². The second kappa shape index (κ2) is 7.04. The largest absolute Gasteiger partial charge is 0.268 e. The van der Waals surface area contributed by atoms with Crippen molar-refractivity contribution in [3.05, 3.63) is 78.2 Å². The quantitative estimate of drug-likeness (QED) is 0.531. The molecule has 0 radical (unpaired) electrons. The molecule has 0 aliphatic rings. The van der Waals surface area contributed by atoms with E-state index in [1.165, 1.54) is 11.8 Å². The summed E-state index contributed by atoms with van der Waals surface area (Å²) in [5.74, 6) is 0.649. The third kappa shape index (κ3) is 3.40. The van der Waals surface area contributed by atoms with Crippen molar-refractivity contribution >= 4 is 23.4 Å². The van der Waals surface area contributed by atoms with Crippen LogP contribution in [0.3, 0.4) is 0 Å². The van der Waals surface area contributed by atoms with E-state index in [9.17, 15) is 0 Å². The van der Waals surface area contributed by atoms with Crippen LogP contribution in [0.25, 0.3) is 17.2 Å². The van der Waals surface area contributed by atoms with Crippen LogP contribution >= 0.6 is 23.4 Å². The Balaban J connectivity index is 1.82. The van der Waals surface area contributed by atoms with Crippen molar-refractivity contribution in [2.24, 2.45) is 0 Å². The van der Waals surface area contributed by atoms with Crippen LogP contribution in [0.15, 0.2) is 83.2 Å². The van der Waals surface area contributed by atoms with E-state index in [1.54, 1.807) is 18.6 Å². The molecule has 4 rings (SSSR count). The lowest BCUT2D eigenvalue weighted by Crippen LogP contribution is -2.00. The Morgan fingerprint density at radius 3 is 2.40 bits per heavy atom. The zero-order valence-corrected chi connectivity index (χ0v) is 14.5.